The van der Waals surface area contributed by atoms with Crippen LogP contribution in [0.1, 0.15) is 39.5 Å². The molecule has 0 aliphatic carbocycles. The zero-order chi connectivity index (χ0) is 19.3. The maximum Gasteiger partial charge on any atom is 0.256 e. The Bertz CT molecular complexity index is 1080. The molecule has 2 atom stereocenters. The van der Waals surface area contributed by atoms with E-state index in [4.69, 9.17) is 4.74 Å². The van der Waals surface area contributed by atoms with Crippen LogP contribution in [0.2, 0.25) is 0 Å². The molecule has 1 amide bonds. The van der Waals surface area contributed by atoms with Crippen LogP contribution in [0.15, 0.2) is 36.4 Å². The number of amides is 1. The number of fused-ring (bicyclic) bond motifs is 4. The van der Waals surface area contributed by atoms with Gasteiger partial charge in [0.05, 0.1) is 30.6 Å². The van der Waals surface area contributed by atoms with E-state index in [9.17, 15) is 4.79 Å². The summed E-state index contributed by atoms with van der Waals surface area (Å²) < 4.78 is 5.93. The summed E-state index contributed by atoms with van der Waals surface area (Å²) in [6, 6.07) is 12.3. The number of hydrogen-bond donors (Lipinski definition) is 3. The first-order valence-corrected chi connectivity index (χ1v) is 10.6. The second-order valence-corrected chi connectivity index (χ2v) is 8.63. The molecule has 0 saturated heterocycles. The van der Waals surface area contributed by atoms with E-state index in [-0.39, 0.29) is 12.1 Å². The van der Waals surface area contributed by atoms with Crippen molar-refractivity contribution in [1.29, 1.82) is 0 Å². The molecule has 2 aromatic carbocycles. The highest BCUT2D eigenvalue weighted by molar-refractivity contribution is 7.16. The Morgan fingerprint density at radius 3 is 2.93 bits per heavy atom. The summed E-state index contributed by atoms with van der Waals surface area (Å²) >= 11 is 1.73. The van der Waals surface area contributed by atoms with Gasteiger partial charge in [-0.15, -0.1) is 11.3 Å². The summed E-state index contributed by atoms with van der Waals surface area (Å²) in [6.07, 6.45) is 0.656. The van der Waals surface area contributed by atoms with E-state index in [1.54, 1.807) is 11.3 Å². The van der Waals surface area contributed by atoms with E-state index in [2.05, 4.69) is 35.9 Å². The monoisotopic (exact) mass is 394 g/mol. The summed E-state index contributed by atoms with van der Waals surface area (Å²) in [5.41, 5.74) is 3.08. The van der Waals surface area contributed by atoms with E-state index in [1.807, 2.05) is 25.1 Å². The number of carbonyl (C=O) groups excluding carboxylic acids is 1. The average molecular weight is 395 g/mol. The Morgan fingerprint density at radius 2 is 2.07 bits per heavy atom. The van der Waals surface area contributed by atoms with Crippen molar-refractivity contribution in [2.24, 2.45) is 0 Å². The highest BCUT2D eigenvalue weighted by atomic mass is 32.1. The van der Waals surface area contributed by atoms with Crippen LogP contribution in [-0.4, -0.2) is 26.1 Å². The van der Waals surface area contributed by atoms with Crippen molar-refractivity contribution in [2.45, 2.75) is 26.1 Å². The van der Waals surface area contributed by atoms with E-state index in [1.165, 1.54) is 15.3 Å². The lowest BCUT2D eigenvalue weighted by Gasteiger charge is -2.29. The first-order chi connectivity index (χ1) is 13.7. The molecular formula is C22H24N3O2S+. The smallest absolute Gasteiger partial charge is 0.256 e. The van der Waals surface area contributed by atoms with Crippen LogP contribution in [0.4, 0.5) is 5.00 Å². The summed E-state index contributed by atoms with van der Waals surface area (Å²) in [4.78, 5) is 15.9. The summed E-state index contributed by atoms with van der Waals surface area (Å²) in [7, 11) is 2.21. The molecule has 2 aliphatic heterocycles. The lowest BCUT2D eigenvalue weighted by molar-refractivity contribution is -0.895. The standard InChI is InChI=1S/C22H23N3O2S/c1-3-27-16-9-8-13-6-4-5-7-14(13)18(16)20-23-21(26)19-15-10-11-25(2)12-17(15)28-22(19)24-20/h4-9,20,24H,3,10-12H2,1-2H3,(H,23,26)/p+1/t20-/m0/s1. The lowest BCUT2D eigenvalue weighted by Crippen LogP contribution is -3.08. The van der Waals surface area contributed by atoms with Crippen molar-refractivity contribution < 1.29 is 14.4 Å². The third-order valence-electron chi connectivity index (χ3n) is 5.65. The molecule has 0 saturated carbocycles. The van der Waals surface area contributed by atoms with Gasteiger partial charge in [0.1, 0.15) is 23.5 Å². The fourth-order valence-electron chi connectivity index (χ4n) is 4.33. The Hall–Kier alpha value is -2.57. The fraction of sp³-hybridized carbons (Fsp3) is 0.318. The second kappa shape index (κ2) is 6.79. The molecule has 5 nitrogen and oxygen atoms in total. The van der Waals surface area contributed by atoms with Gasteiger partial charge in [0.25, 0.3) is 5.91 Å². The molecule has 144 valence electrons. The topological polar surface area (TPSA) is 54.8 Å². The van der Waals surface area contributed by atoms with E-state index < -0.39 is 0 Å². The number of anilines is 1. The van der Waals surface area contributed by atoms with Crippen molar-refractivity contribution in [2.75, 3.05) is 25.5 Å². The normalized spacial score (nSPS) is 20.9. The quantitative estimate of drug-likeness (QED) is 0.640. The van der Waals surface area contributed by atoms with Gasteiger partial charge in [-0.1, -0.05) is 30.3 Å². The molecule has 3 aromatic rings. The Kier molecular flexibility index (Phi) is 4.25. The van der Waals surface area contributed by atoms with Gasteiger partial charge in [0.15, 0.2) is 0 Å². The molecule has 0 spiro atoms. The van der Waals surface area contributed by atoms with E-state index in [0.29, 0.717) is 6.61 Å². The van der Waals surface area contributed by atoms with Crippen LogP contribution in [0.3, 0.4) is 0 Å². The number of hydrogen-bond acceptors (Lipinski definition) is 4. The first-order valence-electron chi connectivity index (χ1n) is 9.83. The van der Waals surface area contributed by atoms with E-state index >= 15 is 0 Å². The van der Waals surface area contributed by atoms with Crippen LogP contribution in [-0.2, 0) is 13.0 Å². The summed E-state index contributed by atoms with van der Waals surface area (Å²) in [5, 5.41) is 10.0. The summed E-state index contributed by atoms with van der Waals surface area (Å²) in [5.74, 6) is 0.833. The molecule has 1 aromatic heterocycles. The van der Waals surface area contributed by atoms with Crippen LogP contribution < -0.4 is 20.3 Å². The van der Waals surface area contributed by atoms with Gasteiger partial charge < -0.3 is 20.3 Å². The number of ether oxygens (including phenoxy) is 1. The molecular weight excluding hydrogens is 370 g/mol. The van der Waals surface area contributed by atoms with Crippen LogP contribution >= 0.6 is 11.3 Å². The highest BCUT2D eigenvalue weighted by Gasteiger charge is 2.35. The number of thiophene rings is 1. The first kappa shape index (κ1) is 17.5. The van der Waals surface area contributed by atoms with Crippen molar-refractivity contribution in [3.63, 3.8) is 0 Å². The predicted octanol–water partition coefficient (Wildman–Crippen LogP) is 2.72. The molecule has 0 bridgehead atoms. The minimum atomic E-state index is -0.308. The number of nitrogens with one attached hydrogen (secondary N) is 3. The van der Waals surface area contributed by atoms with Crippen molar-refractivity contribution in [3.8, 4) is 5.75 Å². The van der Waals surface area contributed by atoms with Gasteiger partial charge >= 0.3 is 0 Å². The van der Waals surface area contributed by atoms with Gasteiger partial charge in [-0.05, 0) is 29.3 Å². The maximum atomic E-state index is 13.1. The highest BCUT2D eigenvalue weighted by Crippen LogP contribution is 2.42. The molecule has 3 N–H and O–H groups in total. The van der Waals surface area contributed by atoms with Gasteiger partial charge in [0.2, 0.25) is 0 Å². The third kappa shape index (κ3) is 2.75. The number of carbonyl (C=O) groups is 1. The van der Waals surface area contributed by atoms with Crippen molar-refractivity contribution in [1.82, 2.24) is 5.32 Å². The SMILES string of the molecule is CCOc1ccc2ccccc2c1[C@H]1NC(=O)c2c(sc3c2CC[NH+](C)C3)N1. The Morgan fingerprint density at radius 1 is 1.21 bits per heavy atom. The summed E-state index contributed by atoms with van der Waals surface area (Å²) in [6.45, 7) is 4.63. The van der Waals surface area contributed by atoms with Gasteiger partial charge in [-0.25, -0.2) is 0 Å². The molecule has 3 heterocycles. The zero-order valence-electron chi connectivity index (χ0n) is 16.1. The maximum absolute atomic E-state index is 13.1. The molecule has 0 radical (unpaired) electrons. The van der Waals surface area contributed by atoms with Gasteiger partial charge in [-0.3, -0.25) is 4.79 Å². The van der Waals surface area contributed by atoms with Crippen molar-refractivity contribution >= 4 is 33.0 Å². The van der Waals surface area contributed by atoms with E-state index in [0.717, 1.165) is 52.2 Å². The number of rotatable bonds is 3. The largest absolute Gasteiger partial charge is 0.493 e. The molecule has 5 rings (SSSR count). The molecule has 1 unspecified atom stereocenters. The van der Waals surface area contributed by atoms with Crippen LogP contribution in [0, 0.1) is 0 Å². The van der Waals surface area contributed by atoms with Gasteiger partial charge in [-0.2, -0.15) is 0 Å². The fourth-order valence-corrected chi connectivity index (χ4v) is 5.72. The van der Waals surface area contributed by atoms with Crippen LogP contribution in [0.5, 0.6) is 5.75 Å². The number of quaternary nitrogens is 1. The zero-order valence-corrected chi connectivity index (χ0v) is 16.9. The minimum Gasteiger partial charge on any atom is -0.493 e. The molecule has 28 heavy (non-hydrogen) atoms. The minimum absolute atomic E-state index is 0.0196. The third-order valence-corrected chi connectivity index (χ3v) is 6.82. The Labute approximate surface area is 168 Å². The lowest BCUT2D eigenvalue weighted by atomic mass is 9.98. The van der Waals surface area contributed by atoms with Crippen LogP contribution in [0.25, 0.3) is 10.8 Å². The predicted molar refractivity (Wildman–Crippen MR) is 112 cm³/mol. The second-order valence-electron chi connectivity index (χ2n) is 7.52. The molecule has 6 heteroatoms. The van der Waals surface area contributed by atoms with Gasteiger partial charge in [0, 0.05) is 12.0 Å². The number of likely N-dealkylation sites (N-methyl/N-ethyl adjacent to an activating group) is 1. The average Bonchev–Trinajstić information content (AvgIpc) is 3.05. The molecule has 0 fully saturated rings. The molecule has 2 aliphatic rings. The van der Waals surface area contributed by atoms with Crippen molar-refractivity contribution in [3.05, 3.63) is 58.0 Å². The number of benzene rings is 2. The Balaban J connectivity index is 1.61.